The first-order valence-electron chi connectivity index (χ1n) is 14.5. The van der Waals surface area contributed by atoms with Gasteiger partial charge in [-0.2, -0.15) is 0 Å². The summed E-state index contributed by atoms with van der Waals surface area (Å²) in [4.78, 5) is 64.3. The van der Waals surface area contributed by atoms with Gasteiger partial charge in [0.15, 0.2) is 11.4 Å². The Kier molecular flexibility index (Phi) is 7.28. The van der Waals surface area contributed by atoms with Gasteiger partial charge >= 0.3 is 12.0 Å². The van der Waals surface area contributed by atoms with Crippen LogP contribution in [0.2, 0.25) is 0 Å². The van der Waals surface area contributed by atoms with Gasteiger partial charge in [0.2, 0.25) is 5.78 Å². The van der Waals surface area contributed by atoms with Gasteiger partial charge in [0, 0.05) is 35.6 Å². The predicted molar refractivity (Wildman–Crippen MR) is 164 cm³/mol. The number of phenolic OH excluding ortho intramolecular Hbond substituents is 1. The molecule has 13 heteroatoms. The molecule has 3 aliphatic carbocycles. The summed E-state index contributed by atoms with van der Waals surface area (Å²) in [6.07, 6.45) is -2.29. The Hall–Kier alpha value is -5.69. The lowest BCUT2D eigenvalue weighted by Gasteiger charge is -2.49. The van der Waals surface area contributed by atoms with Crippen LogP contribution in [0.3, 0.4) is 0 Å². The number of urea groups is 1. The molecule has 4 atom stereocenters. The lowest BCUT2D eigenvalue weighted by Crippen LogP contribution is -2.64. The molecule has 0 bridgehead atoms. The molecule has 1 fully saturated rings. The first-order valence-corrected chi connectivity index (χ1v) is 14.5. The number of anilines is 2. The van der Waals surface area contributed by atoms with Crippen molar-refractivity contribution in [1.82, 2.24) is 0 Å². The van der Waals surface area contributed by atoms with Gasteiger partial charge in [-0.3, -0.25) is 19.2 Å². The Labute approximate surface area is 261 Å². The minimum Gasteiger partial charge on any atom is -0.508 e. The van der Waals surface area contributed by atoms with Crippen molar-refractivity contribution in [3.05, 3.63) is 82.6 Å². The van der Waals surface area contributed by atoms with Crippen molar-refractivity contribution in [2.75, 3.05) is 10.6 Å². The fraction of sp³-hybridized carbons (Fsp3) is 0.242. The van der Waals surface area contributed by atoms with Crippen molar-refractivity contribution in [3.8, 4) is 5.75 Å². The van der Waals surface area contributed by atoms with Crippen LogP contribution in [0, 0.1) is 11.8 Å². The molecule has 13 nitrogen and oxygen atoms in total. The van der Waals surface area contributed by atoms with Gasteiger partial charge in [-0.05, 0) is 29.5 Å². The van der Waals surface area contributed by atoms with Crippen LogP contribution in [-0.2, 0) is 30.3 Å². The van der Waals surface area contributed by atoms with Gasteiger partial charge in [0.1, 0.15) is 28.9 Å². The largest absolute Gasteiger partial charge is 0.508 e. The minimum atomic E-state index is -2.96. The quantitative estimate of drug-likeness (QED) is 0.124. The molecule has 0 saturated heterocycles. The lowest BCUT2D eigenvalue weighted by molar-refractivity contribution is -0.177. The Balaban J connectivity index is 1.41. The van der Waals surface area contributed by atoms with Gasteiger partial charge < -0.3 is 41.5 Å². The zero-order chi connectivity index (χ0) is 33.1. The second kappa shape index (κ2) is 11.0. The fourth-order valence-corrected chi connectivity index (χ4v) is 6.70. The highest BCUT2D eigenvalue weighted by molar-refractivity contribution is 6.23. The average Bonchev–Trinajstić information content (AvgIpc) is 3.02. The number of primary amides is 1. The van der Waals surface area contributed by atoms with Gasteiger partial charge in [-0.15, -0.1) is 0 Å². The second-order valence-electron chi connectivity index (χ2n) is 11.4. The highest BCUT2D eigenvalue weighted by Gasteiger charge is 2.65. The summed E-state index contributed by atoms with van der Waals surface area (Å²) in [6, 6.07) is 14.9. The van der Waals surface area contributed by atoms with Gasteiger partial charge in [-0.1, -0.05) is 49.4 Å². The molecule has 8 N–H and O–H groups in total. The smallest absolute Gasteiger partial charge is 0.323 e. The van der Waals surface area contributed by atoms with Gasteiger partial charge in [-0.25, -0.2) is 4.79 Å². The molecule has 3 amide bonds. The van der Waals surface area contributed by atoms with Crippen LogP contribution in [0.25, 0.3) is 16.5 Å². The van der Waals surface area contributed by atoms with Crippen molar-refractivity contribution in [3.63, 3.8) is 0 Å². The van der Waals surface area contributed by atoms with E-state index in [9.17, 15) is 44.4 Å². The van der Waals surface area contributed by atoms with Crippen molar-refractivity contribution in [1.29, 1.82) is 0 Å². The number of ether oxygens (including phenoxy) is 1. The fourth-order valence-electron chi connectivity index (χ4n) is 6.70. The molecule has 0 spiro atoms. The van der Waals surface area contributed by atoms with Crippen LogP contribution in [0.1, 0.15) is 30.9 Å². The number of nitrogens with one attached hydrogen (secondary N) is 2. The lowest BCUT2D eigenvalue weighted by atomic mass is 9.57. The number of carbonyl (C=O) groups is 5. The van der Waals surface area contributed by atoms with E-state index < -0.39 is 87.8 Å². The Morgan fingerprint density at radius 3 is 2.37 bits per heavy atom. The first kappa shape index (κ1) is 30.3. The standard InChI is InChI=1S/C33H29N3O10/c1-2-22(38)46-28-17-12-15-10-11-20(36-32(44)35-19-9-5-7-14-6-3-4-8-16(14)19)26(39)23(15)27(40)24(17)29(41)33(45)18(28)13-21(37)25(30(33)42)31(34)43/h3-11,17-18,28,39-40,42,45H,2,12-13H2,1H3,(H2,34,43)(H2,35,36,44)/t17-,18-,28+,33+/m1/s1. The number of benzene rings is 3. The normalized spacial score (nSPS) is 23.7. The predicted octanol–water partition coefficient (Wildman–Crippen LogP) is 3.15. The maximum atomic E-state index is 14.0. The molecule has 3 aromatic rings. The van der Waals surface area contributed by atoms with Crippen LogP contribution < -0.4 is 16.4 Å². The molecule has 3 aliphatic rings. The zero-order valence-electron chi connectivity index (χ0n) is 24.4. The Morgan fingerprint density at radius 2 is 1.65 bits per heavy atom. The van der Waals surface area contributed by atoms with Gasteiger partial charge in [0.25, 0.3) is 5.91 Å². The van der Waals surface area contributed by atoms with E-state index in [4.69, 9.17) is 10.5 Å². The number of ketones is 2. The van der Waals surface area contributed by atoms with E-state index in [0.717, 1.165) is 10.8 Å². The number of fused-ring (bicyclic) bond motifs is 4. The monoisotopic (exact) mass is 627 g/mol. The Morgan fingerprint density at radius 1 is 0.957 bits per heavy atom. The summed E-state index contributed by atoms with van der Waals surface area (Å²) < 4.78 is 5.62. The zero-order valence-corrected chi connectivity index (χ0v) is 24.4. The molecule has 0 unspecified atom stereocenters. The van der Waals surface area contributed by atoms with E-state index >= 15 is 0 Å². The SMILES string of the molecule is CCC(=O)O[C@H]1[C@@H]2Cc3ccc(NC(=O)Nc4cccc5ccccc45)c(O)c3C(O)=C2C(=O)[C@]2(O)C(O)=C(C(N)=O)C(=O)C[C@H]12. The molecule has 0 aliphatic heterocycles. The number of nitrogens with two attached hydrogens (primary N) is 1. The summed E-state index contributed by atoms with van der Waals surface area (Å²) in [7, 11) is 0. The topological polar surface area (TPSA) is 226 Å². The summed E-state index contributed by atoms with van der Waals surface area (Å²) in [5.74, 6) is -9.67. The summed E-state index contributed by atoms with van der Waals surface area (Å²) in [5, 5.41) is 52.3. The molecule has 6 rings (SSSR count). The van der Waals surface area contributed by atoms with Crippen molar-refractivity contribution < 1.29 is 49.1 Å². The molecule has 236 valence electrons. The number of amides is 3. The molecule has 1 saturated carbocycles. The number of hydrogen-bond acceptors (Lipinski definition) is 10. The first-order chi connectivity index (χ1) is 21.9. The van der Waals surface area contributed by atoms with Crippen LogP contribution >= 0.6 is 0 Å². The summed E-state index contributed by atoms with van der Waals surface area (Å²) in [6.45, 7) is 1.50. The average molecular weight is 628 g/mol. The molecule has 0 radical (unpaired) electrons. The van der Waals surface area contributed by atoms with Crippen LogP contribution in [0.4, 0.5) is 16.2 Å². The summed E-state index contributed by atoms with van der Waals surface area (Å²) >= 11 is 0. The second-order valence-corrected chi connectivity index (χ2v) is 11.4. The molecular weight excluding hydrogens is 598 g/mol. The molecule has 46 heavy (non-hydrogen) atoms. The van der Waals surface area contributed by atoms with E-state index in [0.29, 0.717) is 11.3 Å². The third-order valence-corrected chi connectivity index (χ3v) is 8.86. The number of carbonyl (C=O) groups excluding carboxylic acids is 5. The number of aromatic hydroxyl groups is 1. The van der Waals surface area contributed by atoms with Crippen molar-refractivity contribution in [2.45, 2.75) is 37.9 Å². The van der Waals surface area contributed by atoms with Crippen LogP contribution in [0.15, 0.2) is 71.5 Å². The van der Waals surface area contributed by atoms with Crippen molar-refractivity contribution >= 4 is 57.4 Å². The summed E-state index contributed by atoms with van der Waals surface area (Å²) in [5.41, 5.74) is 1.26. The van der Waals surface area contributed by atoms with E-state index in [1.54, 1.807) is 12.1 Å². The van der Waals surface area contributed by atoms with E-state index in [1.165, 1.54) is 19.1 Å². The molecule has 0 aromatic heterocycles. The highest BCUT2D eigenvalue weighted by Crippen LogP contribution is 2.53. The minimum absolute atomic E-state index is 0.105. The van der Waals surface area contributed by atoms with E-state index in [2.05, 4.69) is 10.6 Å². The van der Waals surface area contributed by atoms with Crippen molar-refractivity contribution in [2.24, 2.45) is 17.6 Å². The third-order valence-electron chi connectivity index (χ3n) is 8.86. The highest BCUT2D eigenvalue weighted by atomic mass is 16.5. The van der Waals surface area contributed by atoms with Gasteiger partial charge in [0.05, 0.1) is 16.9 Å². The molecule has 3 aromatic carbocycles. The number of aliphatic hydroxyl groups is 3. The molecular formula is C33H29N3O10. The number of hydrogen-bond donors (Lipinski definition) is 7. The number of esters is 1. The number of aliphatic hydroxyl groups excluding tert-OH is 2. The number of Topliss-reactive ketones (excluding diaryl/α,β-unsaturated/α-hetero) is 2. The number of rotatable bonds is 5. The van der Waals surface area contributed by atoms with Crippen LogP contribution in [0.5, 0.6) is 5.75 Å². The van der Waals surface area contributed by atoms with Crippen LogP contribution in [-0.4, -0.2) is 61.6 Å². The third kappa shape index (κ3) is 4.55. The maximum absolute atomic E-state index is 14.0. The van der Waals surface area contributed by atoms with E-state index in [-0.39, 0.29) is 24.1 Å². The van der Waals surface area contributed by atoms with E-state index in [1.807, 2.05) is 30.3 Å². The number of phenols is 1. The Bertz CT molecular complexity index is 1940. The molecule has 0 heterocycles. The maximum Gasteiger partial charge on any atom is 0.323 e.